The number of aromatic amines is 2. The molecule has 1 fully saturated rings. The molecule has 0 aliphatic carbocycles. The molecule has 0 spiro atoms. The Balaban J connectivity index is 1.46. The second-order valence-electron chi connectivity index (χ2n) is 8.24. The van der Waals surface area contributed by atoms with E-state index in [1.54, 1.807) is 12.1 Å². The molecular weight excluding hydrogens is 389 g/mol. The van der Waals surface area contributed by atoms with Crippen LogP contribution in [0.3, 0.4) is 0 Å². The summed E-state index contributed by atoms with van der Waals surface area (Å²) in [5.74, 6) is 0.344. The highest BCUT2D eigenvalue weighted by Crippen LogP contribution is 2.35. The van der Waals surface area contributed by atoms with Crippen molar-refractivity contribution in [2.45, 2.75) is 18.8 Å². The van der Waals surface area contributed by atoms with E-state index in [1.807, 2.05) is 12.4 Å². The summed E-state index contributed by atoms with van der Waals surface area (Å²) in [6.07, 6.45) is 5.97. The number of H-pyrrole nitrogens is 2. The number of fused-ring (bicyclic) bond motifs is 2. The normalized spacial score (nSPS) is 15.1. The fraction of sp³-hybridized carbons (Fsp3) is 0.200. The molecule has 1 saturated heterocycles. The highest BCUT2D eigenvalue weighted by atomic mass is 19.1. The van der Waals surface area contributed by atoms with Crippen molar-refractivity contribution in [2.24, 2.45) is 0 Å². The molecule has 1 aliphatic rings. The van der Waals surface area contributed by atoms with Crippen LogP contribution >= 0.6 is 0 Å². The number of benzene rings is 2. The van der Waals surface area contributed by atoms with Gasteiger partial charge in [0, 0.05) is 22.5 Å². The minimum absolute atomic E-state index is 0.244. The first kappa shape index (κ1) is 18.3. The van der Waals surface area contributed by atoms with Crippen LogP contribution in [0.2, 0.25) is 0 Å². The van der Waals surface area contributed by atoms with Crippen LogP contribution in [-0.2, 0) is 0 Å². The monoisotopic (exact) mass is 411 g/mol. The lowest BCUT2D eigenvalue weighted by Crippen LogP contribution is -2.26. The maximum atomic E-state index is 13.4. The lowest BCUT2D eigenvalue weighted by molar-refractivity contribution is 0.460. The number of nitrogens with one attached hydrogen (secondary N) is 3. The first-order valence-corrected chi connectivity index (χ1v) is 10.7. The van der Waals surface area contributed by atoms with Crippen molar-refractivity contribution in [1.82, 2.24) is 25.5 Å². The van der Waals surface area contributed by atoms with Gasteiger partial charge in [-0.1, -0.05) is 18.2 Å². The lowest BCUT2D eigenvalue weighted by Gasteiger charge is -2.23. The van der Waals surface area contributed by atoms with Crippen LogP contribution in [0.4, 0.5) is 4.39 Å². The molecule has 0 radical (unpaired) electrons. The van der Waals surface area contributed by atoms with E-state index in [9.17, 15) is 4.39 Å². The fourth-order valence-electron chi connectivity index (χ4n) is 4.68. The van der Waals surface area contributed by atoms with E-state index < -0.39 is 0 Å². The number of piperidine rings is 1. The van der Waals surface area contributed by atoms with Crippen molar-refractivity contribution in [3.63, 3.8) is 0 Å². The minimum atomic E-state index is -0.244. The van der Waals surface area contributed by atoms with Crippen LogP contribution in [-0.4, -0.2) is 33.3 Å². The average Bonchev–Trinajstić information content (AvgIpc) is 3.43. The Bertz CT molecular complexity index is 1380. The van der Waals surface area contributed by atoms with Crippen LogP contribution in [0.25, 0.3) is 44.3 Å². The molecule has 5 nitrogen and oxygen atoms in total. The van der Waals surface area contributed by atoms with Gasteiger partial charge in [0.25, 0.3) is 0 Å². The lowest BCUT2D eigenvalue weighted by atomic mass is 9.89. The summed E-state index contributed by atoms with van der Waals surface area (Å²) < 4.78 is 13.4. The summed E-state index contributed by atoms with van der Waals surface area (Å²) in [6, 6.07) is 15.3. The zero-order valence-corrected chi connectivity index (χ0v) is 17.0. The van der Waals surface area contributed by atoms with Crippen LogP contribution in [0.15, 0.2) is 60.9 Å². The Kier molecular flexibility index (Phi) is 4.32. The van der Waals surface area contributed by atoms with E-state index in [2.05, 4.69) is 49.7 Å². The summed E-state index contributed by atoms with van der Waals surface area (Å²) in [4.78, 5) is 7.87. The molecule has 3 aromatic heterocycles. The molecule has 4 heterocycles. The van der Waals surface area contributed by atoms with Gasteiger partial charge < -0.3 is 10.3 Å². The predicted octanol–water partition coefficient (Wildman–Crippen LogP) is 5.38. The second-order valence-corrected chi connectivity index (χ2v) is 8.24. The molecule has 31 heavy (non-hydrogen) atoms. The van der Waals surface area contributed by atoms with Crippen molar-refractivity contribution in [3.8, 4) is 22.5 Å². The third-order valence-electron chi connectivity index (χ3n) is 6.35. The van der Waals surface area contributed by atoms with E-state index in [1.165, 1.54) is 17.7 Å². The smallest absolute Gasteiger partial charge is 0.123 e. The standard InChI is InChI=1S/C25H22FN5/c26-18-4-1-16(2-5-18)21-13-28-14-24-19(21)12-23(29-24)25-20-11-17(3-6-22(20)30-31-25)15-7-9-27-10-8-15/h1-6,11-15,27,29H,7-10H2,(H,30,31). The number of aromatic nitrogens is 4. The molecule has 0 unspecified atom stereocenters. The topological polar surface area (TPSA) is 69.4 Å². The number of rotatable bonds is 3. The van der Waals surface area contributed by atoms with Crippen molar-refractivity contribution in [1.29, 1.82) is 0 Å². The van der Waals surface area contributed by atoms with E-state index in [0.29, 0.717) is 5.92 Å². The van der Waals surface area contributed by atoms with Gasteiger partial charge in [0.05, 0.1) is 22.9 Å². The van der Waals surface area contributed by atoms with E-state index in [-0.39, 0.29) is 5.82 Å². The predicted molar refractivity (Wildman–Crippen MR) is 121 cm³/mol. The molecule has 154 valence electrons. The van der Waals surface area contributed by atoms with Gasteiger partial charge in [-0.3, -0.25) is 10.1 Å². The molecule has 2 aromatic carbocycles. The summed E-state index contributed by atoms with van der Waals surface area (Å²) in [5.41, 5.74) is 7.10. The van der Waals surface area contributed by atoms with Gasteiger partial charge >= 0.3 is 0 Å². The van der Waals surface area contributed by atoms with Gasteiger partial charge in [0.1, 0.15) is 11.5 Å². The van der Waals surface area contributed by atoms with Crippen molar-refractivity contribution in [3.05, 3.63) is 72.3 Å². The Hall–Kier alpha value is -3.51. The first-order chi connectivity index (χ1) is 15.3. The first-order valence-electron chi connectivity index (χ1n) is 10.7. The van der Waals surface area contributed by atoms with E-state index in [4.69, 9.17) is 0 Å². The van der Waals surface area contributed by atoms with Crippen LogP contribution in [0.1, 0.15) is 24.3 Å². The largest absolute Gasteiger partial charge is 0.352 e. The number of halogens is 1. The van der Waals surface area contributed by atoms with Gasteiger partial charge in [-0.05, 0) is 73.3 Å². The average molecular weight is 411 g/mol. The molecule has 3 N–H and O–H groups in total. The summed E-state index contributed by atoms with van der Waals surface area (Å²) in [7, 11) is 0. The Morgan fingerprint density at radius 3 is 2.55 bits per heavy atom. The summed E-state index contributed by atoms with van der Waals surface area (Å²) in [6.45, 7) is 2.14. The molecular formula is C25H22FN5. The maximum Gasteiger partial charge on any atom is 0.123 e. The molecule has 0 bridgehead atoms. The van der Waals surface area contributed by atoms with E-state index in [0.717, 1.165) is 70.3 Å². The maximum absolute atomic E-state index is 13.4. The molecule has 0 saturated carbocycles. The number of hydrogen-bond donors (Lipinski definition) is 3. The van der Waals surface area contributed by atoms with Crippen molar-refractivity contribution >= 4 is 21.8 Å². The fourth-order valence-corrected chi connectivity index (χ4v) is 4.68. The molecule has 6 rings (SSSR count). The third kappa shape index (κ3) is 3.20. The number of pyridine rings is 1. The molecule has 6 heteroatoms. The Morgan fingerprint density at radius 2 is 1.71 bits per heavy atom. The zero-order valence-electron chi connectivity index (χ0n) is 17.0. The summed E-state index contributed by atoms with van der Waals surface area (Å²) >= 11 is 0. The van der Waals surface area contributed by atoms with Gasteiger partial charge in [0.15, 0.2) is 0 Å². The molecule has 0 amide bonds. The molecule has 0 atom stereocenters. The number of hydrogen-bond acceptors (Lipinski definition) is 3. The highest BCUT2D eigenvalue weighted by Gasteiger charge is 2.18. The van der Waals surface area contributed by atoms with Gasteiger partial charge in [-0.2, -0.15) is 5.10 Å². The SMILES string of the molecule is Fc1ccc(-c2cncc3[nH]c(-c4n[nH]c5ccc(C6CCNCC6)cc45)cc23)cc1. The van der Waals surface area contributed by atoms with Gasteiger partial charge in [-0.25, -0.2) is 4.39 Å². The minimum Gasteiger partial charge on any atom is -0.352 e. The van der Waals surface area contributed by atoms with Crippen molar-refractivity contribution < 1.29 is 4.39 Å². The van der Waals surface area contributed by atoms with Gasteiger partial charge in [-0.15, -0.1) is 0 Å². The second kappa shape index (κ2) is 7.32. The van der Waals surface area contributed by atoms with Crippen LogP contribution in [0, 0.1) is 5.82 Å². The molecule has 1 aliphatic heterocycles. The summed E-state index contributed by atoms with van der Waals surface area (Å²) in [5, 5.41) is 13.4. The Labute approximate surface area is 178 Å². The van der Waals surface area contributed by atoms with Crippen LogP contribution in [0.5, 0.6) is 0 Å². The molecule has 5 aromatic rings. The highest BCUT2D eigenvalue weighted by molar-refractivity contribution is 6.00. The van der Waals surface area contributed by atoms with Gasteiger partial charge in [0.2, 0.25) is 0 Å². The third-order valence-corrected chi connectivity index (χ3v) is 6.35. The number of nitrogens with zero attached hydrogens (tertiary/aromatic N) is 2. The van der Waals surface area contributed by atoms with Crippen molar-refractivity contribution in [2.75, 3.05) is 13.1 Å². The van der Waals surface area contributed by atoms with Crippen LogP contribution < -0.4 is 5.32 Å². The quantitative estimate of drug-likeness (QED) is 0.373. The Morgan fingerprint density at radius 1 is 0.871 bits per heavy atom. The van der Waals surface area contributed by atoms with E-state index >= 15 is 0 Å². The zero-order chi connectivity index (χ0) is 20.8.